The van der Waals surface area contributed by atoms with Crippen LogP contribution >= 0.6 is 0 Å². The van der Waals surface area contributed by atoms with Crippen molar-refractivity contribution in [2.45, 2.75) is 51.0 Å². The van der Waals surface area contributed by atoms with Crippen molar-refractivity contribution in [3.05, 3.63) is 11.7 Å². The van der Waals surface area contributed by atoms with Gasteiger partial charge in [0.05, 0.1) is 12.0 Å². The molecular weight excluding hydrogens is 218 g/mol. The molecule has 2 N–H and O–H groups in total. The highest BCUT2D eigenvalue weighted by Gasteiger charge is 2.20. The first-order chi connectivity index (χ1) is 8.33. The second-order valence-corrected chi connectivity index (χ2v) is 4.58. The van der Waals surface area contributed by atoms with E-state index in [9.17, 15) is 0 Å². The second kappa shape index (κ2) is 6.12. The Kier molecular flexibility index (Phi) is 4.50. The minimum absolute atomic E-state index is 0.184. The van der Waals surface area contributed by atoms with Crippen LogP contribution in [-0.2, 0) is 11.2 Å². The quantitative estimate of drug-likeness (QED) is 0.845. The summed E-state index contributed by atoms with van der Waals surface area (Å²) in [4.78, 5) is 4.41. The van der Waals surface area contributed by atoms with Gasteiger partial charge < -0.3 is 15.0 Å². The molecule has 1 aliphatic heterocycles. The van der Waals surface area contributed by atoms with Gasteiger partial charge in [-0.15, -0.1) is 0 Å². The molecule has 5 nitrogen and oxygen atoms in total. The number of aromatic nitrogens is 2. The molecular formula is C12H21N3O2. The lowest BCUT2D eigenvalue weighted by atomic mass is 10.1. The molecule has 2 atom stereocenters. The fourth-order valence-corrected chi connectivity index (χ4v) is 2.13. The summed E-state index contributed by atoms with van der Waals surface area (Å²) in [7, 11) is 0. The average molecular weight is 239 g/mol. The Morgan fingerprint density at radius 1 is 1.47 bits per heavy atom. The predicted octanol–water partition coefficient (Wildman–Crippen LogP) is 1.63. The van der Waals surface area contributed by atoms with Crippen molar-refractivity contribution >= 4 is 0 Å². The lowest BCUT2D eigenvalue weighted by Gasteiger charge is -2.20. The molecule has 1 fully saturated rings. The van der Waals surface area contributed by atoms with Crippen molar-refractivity contribution < 1.29 is 9.26 Å². The van der Waals surface area contributed by atoms with Crippen LogP contribution in [-0.4, -0.2) is 29.4 Å². The molecule has 0 spiro atoms. The number of nitrogens with zero attached hydrogens (tertiary/aromatic N) is 2. The summed E-state index contributed by atoms with van der Waals surface area (Å²) in [5, 5.41) is 4.01. The van der Waals surface area contributed by atoms with Crippen LogP contribution in [0.15, 0.2) is 4.52 Å². The van der Waals surface area contributed by atoms with E-state index >= 15 is 0 Å². The van der Waals surface area contributed by atoms with E-state index in [0.717, 1.165) is 31.7 Å². The van der Waals surface area contributed by atoms with Gasteiger partial charge in [-0.05, 0) is 25.7 Å². The summed E-state index contributed by atoms with van der Waals surface area (Å²) in [5.41, 5.74) is 5.66. The molecule has 1 saturated heterocycles. The van der Waals surface area contributed by atoms with E-state index in [4.69, 9.17) is 15.0 Å². The number of hydrogen-bond acceptors (Lipinski definition) is 5. The summed E-state index contributed by atoms with van der Waals surface area (Å²) >= 11 is 0. The van der Waals surface area contributed by atoms with E-state index in [1.54, 1.807) is 0 Å². The van der Waals surface area contributed by atoms with E-state index in [0.29, 0.717) is 12.4 Å². The van der Waals surface area contributed by atoms with Crippen molar-refractivity contribution in [1.82, 2.24) is 10.1 Å². The first-order valence-corrected chi connectivity index (χ1v) is 6.47. The van der Waals surface area contributed by atoms with Gasteiger partial charge in [-0.2, -0.15) is 4.98 Å². The van der Waals surface area contributed by atoms with E-state index in [2.05, 4.69) is 17.1 Å². The molecule has 1 aromatic heterocycles. The molecule has 2 heterocycles. The van der Waals surface area contributed by atoms with Crippen LogP contribution in [0, 0.1) is 0 Å². The normalized spacial score (nSPS) is 22.6. The highest BCUT2D eigenvalue weighted by molar-refractivity contribution is 4.95. The largest absolute Gasteiger partial charge is 0.378 e. The van der Waals surface area contributed by atoms with Gasteiger partial charge in [0.1, 0.15) is 0 Å². The molecule has 0 amide bonds. The monoisotopic (exact) mass is 239 g/mol. The molecule has 5 heteroatoms. The topological polar surface area (TPSA) is 74.2 Å². The van der Waals surface area contributed by atoms with Crippen LogP contribution in [0.4, 0.5) is 0 Å². The van der Waals surface area contributed by atoms with Crippen molar-refractivity contribution in [3.63, 3.8) is 0 Å². The van der Waals surface area contributed by atoms with E-state index in [1.807, 2.05) is 0 Å². The standard InChI is InChI=1S/C12H21N3O2/c1-2-9(8-13)12-14-11(15-17-12)7-10-5-3-4-6-16-10/h9-10H,2-8,13H2,1H3. The molecule has 0 bridgehead atoms. The van der Waals surface area contributed by atoms with Gasteiger partial charge in [0.2, 0.25) is 5.89 Å². The molecule has 0 aromatic carbocycles. The minimum Gasteiger partial charge on any atom is -0.378 e. The van der Waals surface area contributed by atoms with Crippen LogP contribution in [0.5, 0.6) is 0 Å². The Morgan fingerprint density at radius 3 is 3.00 bits per heavy atom. The fourth-order valence-electron chi connectivity index (χ4n) is 2.13. The van der Waals surface area contributed by atoms with Gasteiger partial charge in [-0.25, -0.2) is 0 Å². The van der Waals surface area contributed by atoms with Crippen molar-refractivity contribution in [2.24, 2.45) is 5.73 Å². The van der Waals surface area contributed by atoms with Crippen molar-refractivity contribution in [1.29, 1.82) is 0 Å². The van der Waals surface area contributed by atoms with Crippen LogP contribution in [0.1, 0.15) is 50.2 Å². The smallest absolute Gasteiger partial charge is 0.231 e. The maximum Gasteiger partial charge on any atom is 0.231 e. The van der Waals surface area contributed by atoms with E-state index in [-0.39, 0.29) is 12.0 Å². The maximum atomic E-state index is 5.66. The Hall–Kier alpha value is -0.940. The summed E-state index contributed by atoms with van der Waals surface area (Å²) in [6, 6.07) is 0. The summed E-state index contributed by atoms with van der Waals surface area (Å²) < 4.78 is 10.9. The number of rotatable bonds is 5. The molecule has 2 rings (SSSR count). The average Bonchev–Trinajstić information content (AvgIpc) is 2.81. The van der Waals surface area contributed by atoms with Crippen LogP contribution in [0.3, 0.4) is 0 Å². The SMILES string of the molecule is CCC(CN)c1nc(CC2CCCCO2)no1. The van der Waals surface area contributed by atoms with E-state index in [1.165, 1.54) is 12.8 Å². The molecule has 1 aromatic rings. The highest BCUT2D eigenvalue weighted by Crippen LogP contribution is 2.19. The molecule has 2 unspecified atom stereocenters. The lowest BCUT2D eigenvalue weighted by molar-refractivity contribution is 0.0153. The summed E-state index contributed by atoms with van der Waals surface area (Å²) in [6.07, 6.45) is 5.43. The van der Waals surface area contributed by atoms with Crippen molar-refractivity contribution in [2.75, 3.05) is 13.2 Å². The molecule has 0 radical (unpaired) electrons. The molecule has 0 aliphatic carbocycles. The Morgan fingerprint density at radius 2 is 2.35 bits per heavy atom. The van der Waals surface area contributed by atoms with Gasteiger partial charge in [0, 0.05) is 19.6 Å². The third-order valence-electron chi connectivity index (χ3n) is 3.29. The third-order valence-corrected chi connectivity index (χ3v) is 3.29. The van der Waals surface area contributed by atoms with Crippen LogP contribution < -0.4 is 5.73 Å². The zero-order valence-corrected chi connectivity index (χ0v) is 10.4. The summed E-state index contributed by atoms with van der Waals surface area (Å²) in [6.45, 7) is 3.49. The van der Waals surface area contributed by atoms with Gasteiger partial charge >= 0.3 is 0 Å². The van der Waals surface area contributed by atoms with Gasteiger partial charge in [0.25, 0.3) is 0 Å². The van der Waals surface area contributed by atoms with Gasteiger partial charge in [0.15, 0.2) is 5.82 Å². The molecule has 17 heavy (non-hydrogen) atoms. The fraction of sp³-hybridized carbons (Fsp3) is 0.833. The number of ether oxygens (including phenoxy) is 1. The first kappa shape index (κ1) is 12.5. The number of nitrogens with two attached hydrogens (primary N) is 1. The van der Waals surface area contributed by atoms with Crippen molar-refractivity contribution in [3.8, 4) is 0 Å². The molecule has 0 saturated carbocycles. The van der Waals surface area contributed by atoms with Crippen LogP contribution in [0.25, 0.3) is 0 Å². The lowest BCUT2D eigenvalue weighted by Crippen LogP contribution is -2.22. The molecule has 96 valence electrons. The Balaban J connectivity index is 1.93. The van der Waals surface area contributed by atoms with Gasteiger partial charge in [-0.3, -0.25) is 0 Å². The Bertz CT molecular complexity index is 330. The molecule has 1 aliphatic rings. The second-order valence-electron chi connectivity index (χ2n) is 4.58. The van der Waals surface area contributed by atoms with Crippen LogP contribution in [0.2, 0.25) is 0 Å². The number of hydrogen-bond donors (Lipinski definition) is 1. The zero-order chi connectivity index (χ0) is 12.1. The zero-order valence-electron chi connectivity index (χ0n) is 10.4. The highest BCUT2D eigenvalue weighted by atomic mass is 16.5. The summed E-state index contributed by atoms with van der Waals surface area (Å²) in [5.74, 6) is 1.60. The maximum absolute atomic E-state index is 5.66. The predicted molar refractivity (Wildman–Crippen MR) is 63.7 cm³/mol. The Labute approximate surface area is 102 Å². The minimum atomic E-state index is 0.184. The third kappa shape index (κ3) is 3.26. The van der Waals surface area contributed by atoms with E-state index < -0.39 is 0 Å². The van der Waals surface area contributed by atoms with Gasteiger partial charge in [-0.1, -0.05) is 12.1 Å². The first-order valence-electron chi connectivity index (χ1n) is 6.47.